The topological polar surface area (TPSA) is 79.0 Å². The van der Waals surface area contributed by atoms with Gasteiger partial charge in [0.25, 0.3) is 5.91 Å². The molecule has 6 nitrogen and oxygen atoms in total. The maximum absolute atomic E-state index is 13.2. The minimum atomic E-state index is 0.0157. The van der Waals surface area contributed by atoms with Crippen LogP contribution < -0.4 is 5.73 Å². The van der Waals surface area contributed by atoms with Crippen LogP contribution in [-0.4, -0.2) is 53.6 Å². The molecule has 4 rings (SSSR count). The molecule has 2 N–H and O–H groups in total. The average molecular weight is 473 g/mol. The van der Waals surface area contributed by atoms with E-state index in [0.717, 1.165) is 57.4 Å². The van der Waals surface area contributed by atoms with Gasteiger partial charge in [-0.05, 0) is 55.4 Å². The summed E-state index contributed by atoms with van der Waals surface area (Å²) in [7, 11) is 0. The SMILES string of the molecule is CCCN(CCC)C(=O)C1=Cc2ccc(C(=O)N3CC(CCc4ccccc4)C3)cc2N=C(N)C1. The van der Waals surface area contributed by atoms with Crippen molar-refractivity contribution in [2.45, 2.75) is 46.0 Å². The van der Waals surface area contributed by atoms with E-state index < -0.39 is 0 Å². The summed E-state index contributed by atoms with van der Waals surface area (Å²) in [6, 6.07) is 16.0. The summed E-state index contributed by atoms with van der Waals surface area (Å²) in [6.07, 6.45) is 6.16. The van der Waals surface area contributed by atoms with Crippen LogP contribution in [0.15, 0.2) is 59.1 Å². The number of likely N-dealkylation sites (tertiary alicyclic amines) is 1. The third kappa shape index (κ3) is 5.99. The average Bonchev–Trinajstić information content (AvgIpc) is 3.00. The molecule has 1 fully saturated rings. The molecular weight excluding hydrogens is 436 g/mol. The Bertz CT molecular complexity index is 1110. The summed E-state index contributed by atoms with van der Waals surface area (Å²) in [6.45, 7) is 7.18. The van der Waals surface area contributed by atoms with Gasteiger partial charge in [0.05, 0.1) is 5.69 Å². The summed E-state index contributed by atoms with van der Waals surface area (Å²) < 4.78 is 0. The number of amidine groups is 1. The first-order valence-electron chi connectivity index (χ1n) is 12.8. The molecule has 2 heterocycles. The molecule has 2 aromatic rings. The number of rotatable bonds is 9. The minimum absolute atomic E-state index is 0.0157. The molecule has 0 spiro atoms. The van der Waals surface area contributed by atoms with Crippen LogP contribution in [0.3, 0.4) is 0 Å². The second-order valence-electron chi connectivity index (χ2n) is 9.62. The van der Waals surface area contributed by atoms with Crippen LogP contribution in [0.25, 0.3) is 6.08 Å². The molecule has 0 unspecified atom stereocenters. The summed E-state index contributed by atoms with van der Waals surface area (Å²) >= 11 is 0. The molecule has 0 bridgehead atoms. The number of fused-ring (bicyclic) bond motifs is 1. The lowest BCUT2D eigenvalue weighted by Gasteiger charge is -2.39. The van der Waals surface area contributed by atoms with E-state index in [0.29, 0.717) is 35.0 Å². The highest BCUT2D eigenvalue weighted by Gasteiger charge is 2.31. The predicted molar refractivity (Wildman–Crippen MR) is 142 cm³/mol. The Morgan fingerprint density at radius 2 is 1.77 bits per heavy atom. The lowest BCUT2D eigenvalue weighted by molar-refractivity contribution is -0.127. The maximum atomic E-state index is 13.2. The molecule has 0 saturated carbocycles. The molecule has 2 aromatic carbocycles. The van der Waals surface area contributed by atoms with Crippen LogP contribution in [0, 0.1) is 5.92 Å². The molecule has 0 aliphatic carbocycles. The second-order valence-corrected chi connectivity index (χ2v) is 9.62. The third-order valence-corrected chi connectivity index (χ3v) is 6.72. The molecule has 6 heteroatoms. The largest absolute Gasteiger partial charge is 0.387 e. The predicted octanol–water partition coefficient (Wildman–Crippen LogP) is 4.82. The van der Waals surface area contributed by atoms with Crippen molar-refractivity contribution in [3.63, 3.8) is 0 Å². The Kier molecular flexibility index (Phi) is 8.01. The van der Waals surface area contributed by atoms with Crippen molar-refractivity contribution in [1.82, 2.24) is 9.80 Å². The summed E-state index contributed by atoms with van der Waals surface area (Å²) in [5, 5.41) is 0. The molecule has 1 saturated heterocycles. The van der Waals surface area contributed by atoms with Gasteiger partial charge < -0.3 is 15.5 Å². The van der Waals surface area contributed by atoms with Gasteiger partial charge in [-0.15, -0.1) is 0 Å². The van der Waals surface area contributed by atoms with Gasteiger partial charge in [0.1, 0.15) is 5.84 Å². The van der Waals surface area contributed by atoms with Crippen molar-refractivity contribution in [2.24, 2.45) is 16.6 Å². The van der Waals surface area contributed by atoms with Crippen molar-refractivity contribution < 1.29 is 9.59 Å². The number of benzene rings is 2. The lowest BCUT2D eigenvalue weighted by atomic mass is 9.91. The molecule has 2 aliphatic rings. The minimum Gasteiger partial charge on any atom is -0.387 e. The fourth-order valence-electron chi connectivity index (χ4n) is 4.84. The van der Waals surface area contributed by atoms with Gasteiger partial charge in [-0.3, -0.25) is 9.59 Å². The van der Waals surface area contributed by atoms with Gasteiger partial charge in [-0.1, -0.05) is 50.2 Å². The molecule has 2 aliphatic heterocycles. The van der Waals surface area contributed by atoms with E-state index in [4.69, 9.17) is 5.73 Å². The van der Waals surface area contributed by atoms with Crippen LogP contribution >= 0.6 is 0 Å². The van der Waals surface area contributed by atoms with Crippen LogP contribution in [0.5, 0.6) is 0 Å². The number of nitrogens with two attached hydrogens (primary N) is 1. The number of amides is 2. The number of aliphatic imine (C=N–C) groups is 1. The van der Waals surface area contributed by atoms with Crippen molar-refractivity contribution in [1.29, 1.82) is 0 Å². The first-order chi connectivity index (χ1) is 17.0. The van der Waals surface area contributed by atoms with E-state index in [2.05, 4.69) is 43.1 Å². The second kappa shape index (κ2) is 11.3. The van der Waals surface area contributed by atoms with E-state index in [-0.39, 0.29) is 11.8 Å². The van der Waals surface area contributed by atoms with Gasteiger partial charge in [0.15, 0.2) is 0 Å². The lowest BCUT2D eigenvalue weighted by Crippen LogP contribution is -2.50. The van der Waals surface area contributed by atoms with E-state index in [1.54, 1.807) is 0 Å². The molecule has 184 valence electrons. The van der Waals surface area contributed by atoms with Crippen molar-refractivity contribution in [3.05, 3.63) is 70.8 Å². The van der Waals surface area contributed by atoms with Crippen molar-refractivity contribution in [2.75, 3.05) is 26.2 Å². The van der Waals surface area contributed by atoms with Gasteiger partial charge in [0.2, 0.25) is 5.91 Å². The Morgan fingerprint density at radius 3 is 2.46 bits per heavy atom. The van der Waals surface area contributed by atoms with Gasteiger partial charge in [-0.2, -0.15) is 0 Å². The summed E-state index contributed by atoms with van der Waals surface area (Å²) in [5.41, 5.74) is 10.3. The zero-order valence-electron chi connectivity index (χ0n) is 20.9. The molecule has 0 atom stereocenters. The number of aryl methyl sites for hydroxylation is 1. The van der Waals surface area contributed by atoms with Crippen LogP contribution in [-0.2, 0) is 11.2 Å². The zero-order valence-corrected chi connectivity index (χ0v) is 20.9. The number of hydrogen-bond donors (Lipinski definition) is 1. The first-order valence-corrected chi connectivity index (χ1v) is 12.8. The van der Waals surface area contributed by atoms with E-state index in [1.807, 2.05) is 40.1 Å². The number of carbonyl (C=O) groups is 2. The number of carbonyl (C=O) groups excluding carboxylic acids is 2. The zero-order chi connectivity index (χ0) is 24.8. The van der Waals surface area contributed by atoms with Crippen molar-refractivity contribution in [3.8, 4) is 0 Å². The Balaban J connectivity index is 1.42. The molecular formula is C29H36N4O2. The standard InChI is InChI=1S/C29H36N4O2/c1-3-14-32(15-4-2)29(35)25-16-23-12-13-24(17-26(23)31-27(30)18-25)28(34)33-19-22(20-33)11-10-21-8-6-5-7-9-21/h5-9,12-13,16-17,22H,3-4,10-11,14-15,18-20H2,1-2H3,(H2,30,31). The van der Waals surface area contributed by atoms with Crippen LogP contribution in [0.2, 0.25) is 0 Å². The maximum Gasteiger partial charge on any atom is 0.253 e. The van der Waals surface area contributed by atoms with E-state index >= 15 is 0 Å². The number of nitrogens with zero attached hydrogens (tertiary/aromatic N) is 3. The fraction of sp³-hybridized carbons (Fsp3) is 0.414. The van der Waals surface area contributed by atoms with Crippen LogP contribution in [0.4, 0.5) is 5.69 Å². The van der Waals surface area contributed by atoms with Gasteiger partial charge >= 0.3 is 0 Å². The smallest absolute Gasteiger partial charge is 0.253 e. The Morgan fingerprint density at radius 1 is 1.06 bits per heavy atom. The molecule has 0 aromatic heterocycles. The fourth-order valence-corrected chi connectivity index (χ4v) is 4.84. The highest BCUT2D eigenvalue weighted by molar-refractivity contribution is 6.06. The normalized spacial score (nSPS) is 15.4. The quantitative estimate of drug-likeness (QED) is 0.568. The van der Waals surface area contributed by atoms with E-state index in [9.17, 15) is 9.59 Å². The highest BCUT2D eigenvalue weighted by Crippen LogP contribution is 2.30. The monoisotopic (exact) mass is 472 g/mol. The number of hydrogen-bond acceptors (Lipinski definition) is 4. The van der Waals surface area contributed by atoms with E-state index in [1.165, 1.54) is 5.56 Å². The van der Waals surface area contributed by atoms with Crippen LogP contribution in [0.1, 0.15) is 61.0 Å². The molecule has 35 heavy (non-hydrogen) atoms. The van der Waals surface area contributed by atoms with Gasteiger partial charge in [0, 0.05) is 49.3 Å². The Labute approximate surface area is 208 Å². The van der Waals surface area contributed by atoms with Gasteiger partial charge in [-0.25, -0.2) is 4.99 Å². The van der Waals surface area contributed by atoms with Crippen molar-refractivity contribution >= 4 is 29.4 Å². The third-order valence-electron chi connectivity index (χ3n) is 6.72. The Hall–Kier alpha value is -3.41. The molecule has 2 amide bonds. The summed E-state index contributed by atoms with van der Waals surface area (Å²) in [4.78, 5) is 34.6. The summed E-state index contributed by atoms with van der Waals surface area (Å²) in [5.74, 6) is 0.978. The highest BCUT2D eigenvalue weighted by atomic mass is 16.2. The first kappa shape index (κ1) is 24.7. The molecule has 0 radical (unpaired) electrons.